The summed E-state index contributed by atoms with van der Waals surface area (Å²) < 4.78 is 0. The zero-order chi connectivity index (χ0) is 8.10. The predicted octanol–water partition coefficient (Wildman–Crippen LogP) is 2.02. The Morgan fingerprint density at radius 1 is 1.36 bits per heavy atom. The van der Waals surface area contributed by atoms with Gasteiger partial charge in [-0.15, -0.1) is 0 Å². The molecular formula is C8H8BrNO. The van der Waals surface area contributed by atoms with Gasteiger partial charge in [0.05, 0.1) is 0 Å². The van der Waals surface area contributed by atoms with Gasteiger partial charge in [-0.2, -0.15) is 0 Å². The molecule has 0 saturated carbocycles. The van der Waals surface area contributed by atoms with Gasteiger partial charge in [0.1, 0.15) is 4.95 Å². The van der Waals surface area contributed by atoms with E-state index >= 15 is 0 Å². The molecule has 58 valence electrons. The number of para-hydroxylation sites is 1. The van der Waals surface area contributed by atoms with Gasteiger partial charge >= 0.3 is 0 Å². The van der Waals surface area contributed by atoms with E-state index < -0.39 is 0 Å². The Kier molecular flexibility index (Phi) is 3.11. The quantitative estimate of drug-likeness (QED) is 0.473. The number of rotatable bonds is 3. The normalized spacial score (nSPS) is 12.1. The molecule has 1 aromatic rings. The highest BCUT2D eigenvalue weighted by Gasteiger charge is 1.98. The summed E-state index contributed by atoms with van der Waals surface area (Å²) in [5.41, 5.74) is 0.932. The number of carbonyl (C=O) groups is 1. The summed E-state index contributed by atoms with van der Waals surface area (Å²) in [6.45, 7) is 0. The van der Waals surface area contributed by atoms with Gasteiger partial charge in [-0.05, 0) is 12.1 Å². The van der Waals surface area contributed by atoms with Crippen LogP contribution < -0.4 is 5.32 Å². The fraction of sp³-hybridized carbons (Fsp3) is 0.125. The lowest BCUT2D eigenvalue weighted by Crippen LogP contribution is -2.11. The third kappa shape index (κ3) is 2.72. The van der Waals surface area contributed by atoms with Crippen LogP contribution >= 0.6 is 15.9 Å². The lowest BCUT2D eigenvalue weighted by atomic mass is 10.3. The van der Waals surface area contributed by atoms with Crippen LogP contribution in [0.2, 0.25) is 0 Å². The Hall–Kier alpha value is -0.830. The van der Waals surface area contributed by atoms with Crippen LogP contribution in [-0.2, 0) is 4.79 Å². The van der Waals surface area contributed by atoms with E-state index in [4.69, 9.17) is 0 Å². The summed E-state index contributed by atoms with van der Waals surface area (Å²) in [4.78, 5) is 9.90. The first-order chi connectivity index (χ1) is 5.33. The molecule has 0 spiro atoms. The number of nitrogens with one attached hydrogen (secondary N) is 1. The smallest absolute Gasteiger partial charge is 0.153 e. The highest BCUT2D eigenvalue weighted by atomic mass is 79.9. The van der Waals surface area contributed by atoms with Crippen molar-refractivity contribution in [3.05, 3.63) is 30.3 Å². The first-order valence-corrected chi connectivity index (χ1v) is 4.15. The van der Waals surface area contributed by atoms with Crippen molar-refractivity contribution >= 4 is 27.9 Å². The first kappa shape index (κ1) is 8.27. The van der Waals surface area contributed by atoms with Crippen molar-refractivity contribution < 1.29 is 4.79 Å². The second-order valence-corrected chi connectivity index (χ2v) is 3.03. The van der Waals surface area contributed by atoms with E-state index in [2.05, 4.69) is 21.2 Å². The van der Waals surface area contributed by atoms with Crippen LogP contribution in [0.3, 0.4) is 0 Å². The van der Waals surface area contributed by atoms with Crippen LogP contribution in [-0.4, -0.2) is 11.2 Å². The Morgan fingerprint density at radius 2 is 2.00 bits per heavy atom. The summed E-state index contributed by atoms with van der Waals surface area (Å²) in [7, 11) is 0. The molecule has 0 amide bonds. The molecule has 2 nitrogen and oxygen atoms in total. The van der Waals surface area contributed by atoms with Crippen LogP contribution in [0, 0.1) is 0 Å². The van der Waals surface area contributed by atoms with Crippen LogP contribution in [0.1, 0.15) is 0 Å². The third-order valence-electron chi connectivity index (χ3n) is 1.20. The van der Waals surface area contributed by atoms with Gasteiger partial charge in [0.15, 0.2) is 6.29 Å². The number of hydrogen-bond acceptors (Lipinski definition) is 2. The molecule has 11 heavy (non-hydrogen) atoms. The number of benzene rings is 1. The van der Waals surface area contributed by atoms with Gasteiger partial charge in [-0.1, -0.05) is 34.1 Å². The number of carbonyl (C=O) groups excluding carboxylic acids is 1. The summed E-state index contributed by atoms with van der Waals surface area (Å²) in [5, 5.41) is 2.94. The van der Waals surface area contributed by atoms with Gasteiger partial charge in [0.25, 0.3) is 0 Å². The maximum absolute atomic E-state index is 10.2. The number of halogens is 1. The minimum absolute atomic E-state index is 0.301. The van der Waals surface area contributed by atoms with Crippen LogP contribution in [0.4, 0.5) is 5.69 Å². The molecule has 1 rings (SSSR count). The minimum atomic E-state index is -0.301. The molecule has 0 bridgehead atoms. The molecule has 0 aromatic heterocycles. The Balaban J connectivity index is 2.57. The number of anilines is 1. The molecule has 0 saturated heterocycles. The summed E-state index contributed by atoms with van der Waals surface area (Å²) in [6.07, 6.45) is 0.799. The van der Waals surface area contributed by atoms with Crippen molar-refractivity contribution in [1.82, 2.24) is 0 Å². The monoisotopic (exact) mass is 213 g/mol. The Bertz CT molecular complexity index is 225. The van der Waals surface area contributed by atoms with Crippen LogP contribution in [0.15, 0.2) is 30.3 Å². The SMILES string of the molecule is O=CC(Br)Nc1ccccc1. The standard InChI is InChI=1S/C8H8BrNO/c9-8(6-11)10-7-4-2-1-3-5-7/h1-6,8,10H. The first-order valence-electron chi connectivity index (χ1n) is 3.24. The van der Waals surface area contributed by atoms with Gasteiger partial charge in [0, 0.05) is 5.69 Å². The minimum Gasteiger partial charge on any atom is -0.367 e. The average molecular weight is 214 g/mol. The molecule has 1 atom stereocenters. The maximum Gasteiger partial charge on any atom is 0.153 e. The molecule has 0 aliphatic heterocycles. The largest absolute Gasteiger partial charge is 0.367 e. The fourth-order valence-corrected chi connectivity index (χ4v) is 0.992. The van der Waals surface area contributed by atoms with E-state index in [1.165, 1.54) is 0 Å². The predicted molar refractivity (Wildman–Crippen MR) is 48.8 cm³/mol. The van der Waals surface area contributed by atoms with E-state index in [-0.39, 0.29) is 4.95 Å². The van der Waals surface area contributed by atoms with E-state index in [0.717, 1.165) is 12.0 Å². The van der Waals surface area contributed by atoms with E-state index in [1.807, 2.05) is 30.3 Å². The van der Waals surface area contributed by atoms with Crippen molar-refractivity contribution in [3.8, 4) is 0 Å². The van der Waals surface area contributed by atoms with Crippen molar-refractivity contribution in [2.75, 3.05) is 5.32 Å². The molecule has 1 unspecified atom stereocenters. The van der Waals surface area contributed by atoms with Gasteiger partial charge in [-0.25, -0.2) is 0 Å². The van der Waals surface area contributed by atoms with Gasteiger partial charge in [-0.3, -0.25) is 0 Å². The maximum atomic E-state index is 10.2. The average Bonchev–Trinajstić information content (AvgIpc) is 2.06. The molecule has 0 heterocycles. The Labute approximate surface area is 73.7 Å². The molecular weight excluding hydrogens is 206 g/mol. The zero-order valence-corrected chi connectivity index (χ0v) is 7.41. The molecule has 1 N–H and O–H groups in total. The fourth-order valence-electron chi connectivity index (χ4n) is 0.728. The Morgan fingerprint density at radius 3 is 2.55 bits per heavy atom. The van der Waals surface area contributed by atoms with Crippen molar-refractivity contribution in [3.63, 3.8) is 0 Å². The molecule has 0 radical (unpaired) electrons. The molecule has 3 heteroatoms. The molecule has 0 aliphatic carbocycles. The van der Waals surface area contributed by atoms with Crippen molar-refractivity contribution in [1.29, 1.82) is 0 Å². The number of hydrogen-bond donors (Lipinski definition) is 1. The number of alkyl halides is 1. The lowest BCUT2D eigenvalue weighted by Gasteiger charge is -2.05. The highest BCUT2D eigenvalue weighted by molar-refractivity contribution is 9.10. The van der Waals surface area contributed by atoms with Crippen molar-refractivity contribution in [2.24, 2.45) is 0 Å². The topological polar surface area (TPSA) is 29.1 Å². The van der Waals surface area contributed by atoms with E-state index in [0.29, 0.717) is 0 Å². The summed E-state index contributed by atoms with van der Waals surface area (Å²) in [6, 6.07) is 9.55. The van der Waals surface area contributed by atoms with Gasteiger partial charge in [0.2, 0.25) is 0 Å². The van der Waals surface area contributed by atoms with Crippen LogP contribution in [0.25, 0.3) is 0 Å². The van der Waals surface area contributed by atoms with E-state index in [9.17, 15) is 4.79 Å². The highest BCUT2D eigenvalue weighted by Crippen LogP contribution is 2.08. The summed E-state index contributed by atoms with van der Waals surface area (Å²) >= 11 is 3.13. The number of aldehydes is 1. The molecule has 0 fully saturated rings. The second-order valence-electron chi connectivity index (χ2n) is 2.05. The van der Waals surface area contributed by atoms with E-state index in [1.54, 1.807) is 0 Å². The second kappa shape index (κ2) is 4.13. The molecule has 0 aliphatic rings. The van der Waals surface area contributed by atoms with Gasteiger partial charge < -0.3 is 10.1 Å². The third-order valence-corrected chi connectivity index (χ3v) is 1.64. The molecule has 1 aromatic carbocycles. The van der Waals surface area contributed by atoms with Crippen molar-refractivity contribution in [2.45, 2.75) is 4.95 Å². The summed E-state index contributed by atoms with van der Waals surface area (Å²) in [5.74, 6) is 0. The van der Waals surface area contributed by atoms with Crippen LogP contribution in [0.5, 0.6) is 0 Å². The lowest BCUT2D eigenvalue weighted by molar-refractivity contribution is -0.106. The zero-order valence-electron chi connectivity index (χ0n) is 5.83.